The number of hydrogen-bond donors (Lipinski definition) is 1. The number of carbonyl (C=O) groups excluding carboxylic acids is 1. The SMILES string of the molecule is O=C(c1csc(Cc2ccccc2F)n1)N1CCNCC1c1cccnc1. The summed E-state index contributed by atoms with van der Waals surface area (Å²) < 4.78 is 13.9. The number of aromatic nitrogens is 2. The van der Waals surface area contributed by atoms with Crippen LogP contribution in [-0.4, -0.2) is 40.4 Å². The summed E-state index contributed by atoms with van der Waals surface area (Å²) in [5, 5.41) is 5.83. The van der Waals surface area contributed by atoms with Gasteiger partial charge in [0.25, 0.3) is 5.91 Å². The van der Waals surface area contributed by atoms with Crippen molar-refractivity contribution >= 4 is 17.2 Å². The highest BCUT2D eigenvalue weighted by Gasteiger charge is 2.30. The first kappa shape index (κ1) is 17.8. The zero-order valence-electron chi connectivity index (χ0n) is 14.6. The van der Waals surface area contributed by atoms with Crippen LogP contribution in [0.1, 0.15) is 32.7 Å². The van der Waals surface area contributed by atoms with Gasteiger partial charge in [0.15, 0.2) is 0 Å². The van der Waals surface area contributed by atoms with Crippen molar-refractivity contribution in [3.63, 3.8) is 0 Å². The number of pyridine rings is 1. The maximum atomic E-state index is 13.9. The van der Waals surface area contributed by atoms with Gasteiger partial charge in [0.1, 0.15) is 11.5 Å². The quantitative estimate of drug-likeness (QED) is 0.754. The summed E-state index contributed by atoms with van der Waals surface area (Å²) in [5.41, 5.74) is 2.00. The van der Waals surface area contributed by atoms with Crippen LogP contribution in [0.2, 0.25) is 0 Å². The Hall–Kier alpha value is -2.64. The number of thiazole rings is 1. The van der Waals surface area contributed by atoms with E-state index in [1.807, 2.05) is 17.0 Å². The fraction of sp³-hybridized carbons (Fsp3) is 0.250. The highest BCUT2D eigenvalue weighted by Crippen LogP contribution is 2.25. The fourth-order valence-electron chi connectivity index (χ4n) is 3.26. The molecule has 1 aliphatic rings. The summed E-state index contributed by atoms with van der Waals surface area (Å²) in [6.07, 6.45) is 3.90. The van der Waals surface area contributed by atoms with E-state index in [2.05, 4.69) is 15.3 Å². The molecule has 0 bridgehead atoms. The van der Waals surface area contributed by atoms with Gasteiger partial charge in [-0.05, 0) is 23.3 Å². The van der Waals surface area contributed by atoms with Gasteiger partial charge in [-0.25, -0.2) is 9.37 Å². The fourth-order valence-corrected chi connectivity index (χ4v) is 4.05. The number of hydrogen-bond acceptors (Lipinski definition) is 5. The number of rotatable bonds is 4. The molecule has 1 N–H and O–H groups in total. The molecule has 0 aliphatic carbocycles. The Bertz CT molecular complexity index is 930. The van der Waals surface area contributed by atoms with Crippen LogP contribution in [0.25, 0.3) is 0 Å². The Balaban J connectivity index is 1.53. The van der Waals surface area contributed by atoms with Gasteiger partial charge in [-0.15, -0.1) is 11.3 Å². The standard InChI is InChI=1S/C20H19FN4OS/c21-16-6-2-1-4-14(16)10-19-24-17(13-27-19)20(26)25-9-8-23-12-18(25)15-5-3-7-22-11-15/h1-7,11,13,18,23H,8-10,12H2. The molecule has 0 spiro atoms. The lowest BCUT2D eigenvalue weighted by Gasteiger charge is -2.36. The number of nitrogens with zero attached hydrogens (tertiary/aromatic N) is 3. The molecule has 1 aromatic carbocycles. The van der Waals surface area contributed by atoms with Gasteiger partial charge < -0.3 is 10.2 Å². The molecule has 3 aromatic rings. The van der Waals surface area contributed by atoms with Gasteiger partial charge in [-0.2, -0.15) is 0 Å². The molecule has 1 amide bonds. The maximum Gasteiger partial charge on any atom is 0.273 e. The molecule has 0 radical (unpaired) electrons. The summed E-state index contributed by atoms with van der Waals surface area (Å²) in [6.45, 7) is 2.04. The molecule has 4 rings (SSSR count). The van der Waals surface area contributed by atoms with Crippen LogP contribution in [0.5, 0.6) is 0 Å². The second kappa shape index (κ2) is 7.94. The van der Waals surface area contributed by atoms with Crippen molar-refractivity contribution in [2.24, 2.45) is 0 Å². The predicted molar refractivity (Wildman–Crippen MR) is 102 cm³/mol. The number of piperazine rings is 1. The van der Waals surface area contributed by atoms with Crippen LogP contribution in [0.3, 0.4) is 0 Å². The molecule has 7 heteroatoms. The first-order valence-electron chi connectivity index (χ1n) is 8.82. The molecular weight excluding hydrogens is 363 g/mol. The lowest BCUT2D eigenvalue weighted by molar-refractivity contribution is 0.0628. The minimum absolute atomic E-state index is 0.0725. The van der Waals surface area contributed by atoms with Crippen molar-refractivity contribution in [1.29, 1.82) is 0 Å². The molecule has 2 aromatic heterocycles. The number of nitrogens with one attached hydrogen (secondary N) is 1. The van der Waals surface area contributed by atoms with Crippen LogP contribution in [0.4, 0.5) is 4.39 Å². The van der Waals surface area contributed by atoms with E-state index in [0.717, 1.165) is 17.1 Å². The van der Waals surface area contributed by atoms with E-state index < -0.39 is 0 Å². The normalized spacial score (nSPS) is 17.1. The molecule has 138 valence electrons. The first-order chi connectivity index (χ1) is 13.2. The topological polar surface area (TPSA) is 58.1 Å². The van der Waals surface area contributed by atoms with Crippen LogP contribution in [0, 0.1) is 5.82 Å². The molecule has 1 atom stereocenters. The van der Waals surface area contributed by atoms with E-state index in [0.29, 0.717) is 30.8 Å². The van der Waals surface area contributed by atoms with Gasteiger partial charge in [0.05, 0.1) is 11.0 Å². The Morgan fingerprint density at radius 3 is 3.00 bits per heavy atom. The smallest absolute Gasteiger partial charge is 0.273 e. The predicted octanol–water partition coefficient (Wildman–Crippen LogP) is 3.05. The molecule has 1 fully saturated rings. The van der Waals surface area contributed by atoms with Crippen molar-refractivity contribution in [3.8, 4) is 0 Å². The third-order valence-corrected chi connectivity index (χ3v) is 5.49. The van der Waals surface area contributed by atoms with Gasteiger partial charge in [-0.1, -0.05) is 24.3 Å². The van der Waals surface area contributed by atoms with E-state index in [9.17, 15) is 9.18 Å². The molecule has 3 heterocycles. The zero-order chi connectivity index (χ0) is 18.6. The summed E-state index contributed by atoms with van der Waals surface area (Å²) in [7, 11) is 0. The van der Waals surface area contributed by atoms with Crippen LogP contribution in [-0.2, 0) is 6.42 Å². The summed E-state index contributed by atoms with van der Waals surface area (Å²) >= 11 is 1.39. The maximum absolute atomic E-state index is 13.9. The van der Waals surface area contributed by atoms with E-state index in [1.165, 1.54) is 17.4 Å². The summed E-state index contributed by atoms with van der Waals surface area (Å²) in [4.78, 5) is 23.6. The van der Waals surface area contributed by atoms with Crippen molar-refractivity contribution < 1.29 is 9.18 Å². The molecule has 27 heavy (non-hydrogen) atoms. The number of halogens is 1. The molecule has 1 saturated heterocycles. The molecule has 1 aliphatic heterocycles. The first-order valence-corrected chi connectivity index (χ1v) is 9.70. The van der Waals surface area contributed by atoms with E-state index >= 15 is 0 Å². The van der Waals surface area contributed by atoms with E-state index in [4.69, 9.17) is 0 Å². The van der Waals surface area contributed by atoms with Crippen molar-refractivity contribution in [3.05, 3.63) is 81.8 Å². The monoisotopic (exact) mass is 382 g/mol. The number of carbonyl (C=O) groups is 1. The Morgan fingerprint density at radius 2 is 2.19 bits per heavy atom. The molecular formula is C20H19FN4OS. The third kappa shape index (κ3) is 3.89. The second-order valence-corrected chi connectivity index (χ2v) is 7.34. The largest absolute Gasteiger partial charge is 0.328 e. The van der Waals surface area contributed by atoms with Gasteiger partial charge >= 0.3 is 0 Å². The minimum Gasteiger partial charge on any atom is -0.328 e. The van der Waals surface area contributed by atoms with Crippen LogP contribution >= 0.6 is 11.3 Å². The van der Waals surface area contributed by atoms with Crippen molar-refractivity contribution in [1.82, 2.24) is 20.2 Å². The average Bonchev–Trinajstić information content (AvgIpc) is 3.18. The Kier molecular flexibility index (Phi) is 5.22. The second-order valence-electron chi connectivity index (χ2n) is 6.40. The van der Waals surface area contributed by atoms with Crippen molar-refractivity contribution in [2.45, 2.75) is 12.5 Å². The Morgan fingerprint density at radius 1 is 1.30 bits per heavy atom. The van der Waals surface area contributed by atoms with E-state index in [-0.39, 0.29) is 17.8 Å². The summed E-state index contributed by atoms with van der Waals surface area (Å²) in [5.74, 6) is -0.347. The zero-order valence-corrected chi connectivity index (χ0v) is 15.5. The van der Waals surface area contributed by atoms with Crippen LogP contribution in [0.15, 0.2) is 54.2 Å². The van der Waals surface area contributed by atoms with Gasteiger partial charge in [0.2, 0.25) is 0 Å². The van der Waals surface area contributed by atoms with E-state index in [1.54, 1.807) is 36.0 Å². The Labute approximate surface area is 160 Å². The van der Waals surface area contributed by atoms with Gasteiger partial charge in [-0.3, -0.25) is 9.78 Å². The summed E-state index contributed by atoms with van der Waals surface area (Å²) in [6, 6.07) is 10.4. The molecule has 0 saturated carbocycles. The molecule has 5 nitrogen and oxygen atoms in total. The van der Waals surface area contributed by atoms with Crippen LogP contribution < -0.4 is 5.32 Å². The lowest BCUT2D eigenvalue weighted by Crippen LogP contribution is -2.48. The number of benzene rings is 1. The van der Waals surface area contributed by atoms with Gasteiger partial charge in [0, 0.05) is 43.8 Å². The number of amides is 1. The lowest BCUT2D eigenvalue weighted by atomic mass is 10.0. The highest BCUT2D eigenvalue weighted by molar-refractivity contribution is 7.09. The third-order valence-electron chi connectivity index (χ3n) is 4.64. The molecule has 1 unspecified atom stereocenters. The average molecular weight is 382 g/mol. The minimum atomic E-state index is -0.251. The highest BCUT2D eigenvalue weighted by atomic mass is 32.1. The van der Waals surface area contributed by atoms with Crippen molar-refractivity contribution in [2.75, 3.05) is 19.6 Å².